The summed E-state index contributed by atoms with van der Waals surface area (Å²) in [5.41, 5.74) is 0. The lowest BCUT2D eigenvalue weighted by Gasteiger charge is -2.19. The van der Waals surface area contributed by atoms with Crippen molar-refractivity contribution in [2.24, 2.45) is 0 Å². The Bertz CT molecular complexity index is 376. The van der Waals surface area contributed by atoms with Crippen molar-refractivity contribution in [3.63, 3.8) is 0 Å². The highest BCUT2D eigenvalue weighted by atomic mass is 16.5. The maximum atomic E-state index is 11.9. The molecule has 1 amide bonds. The van der Waals surface area contributed by atoms with Crippen LogP contribution in [0.1, 0.15) is 20.3 Å². The topological polar surface area (TPSA) is 64.4 Å². The third kappa shape index (κ3) is 4.57. The van der Waals surface area contributed by atoms with Crippen LogP contribution in [0.3, 0.4) is 0 Å². The molecule has 0 aliphatic carbocycles. The van der Waals surface area contributed by atoms with Crippen LogP contribution < -0.4 is 0 Å². The van der Waals surface area contributed by atoms with Gasteiger partial charge in [-0.15, -0.1) is 0 Å². The van der Waals surface area contributed by atoms with Crippen LogP contribution in [0, 0.1) is 0 Å². The van der Waals surface area contributed by atoms with E-state index in [1.54, 1.807) is 30.1 Å². The molecule has 1 aromatic heterocycles. The van der Waals surface area contributed by atoms with E-state index in [9.17, 15) is 9.59 Å². The van der Waals surface area contributed by atoms with Gasteiger partial charge in [-0.2, -0.15) is 5.10 Å². The first-order valence-electron chi connectivity index (χ1n) is 6.08. The van der Waals surface area contributed by atoms with Gasteiger partial charge in [-0.25, -0.2) is 0 Å². The van der Waals surface area contributed by atoms with Crippen molar-refractivity contribution in [1.82, 2.24) is 14.7 Å². The van der Waals surface area contributed by atoms with Gasteiger partial charge in [0, 0.05) is 31.9 Å². The van der Waals surface area contributed by atoms with Crippen LogP contribution in [0.5, 0.6) is 0 Å². The first-order chi connectivity index (χ1) is 8.67. The lowest BCUT2D eigenvalue weighted by Crippen LogP contribution is -2.36. The van der Waals surface area contributed by atoms with Gasteiger partial charge in [0.1, 0.15) is 6.54 Å². The quantitative estimate of drug-likeness (QED) is 0.670. The van der Waals surface area contributed by atoms with Gasteiger partial charge in [0.25, 0.3) is 0 Å². The standard InChI is InChI=1S/C12H19N3O3/c1-3-14(10-12(17)18-4-2)11(16)6-9-15-8-5-7-13-15/h5,7-8H,3-4,6,9-10H2,1-2H3. The molecule has 0 aromatic carbocycles. The molecule has 0 saturated carbocycles. The molecule has 1 aromatic rings. The zero-order chi connectivity index (χ0) is 13.4. The number of ether oxygens (including phenoxy) is 1. The van der Waals surface area contributed by atoms with E-state index in [4.69, 9.17) is 4.74 Å². The number of aromatic nitrogens is 2. The van der Waals surface area contributed by atoms with Crippen molar-refractivity contribution in [1.29, 1.82) is 0 Å². The third-order valence-corrected chi connectivity index (χ3v) is 2.47. The van der Waals surface area contributed by atoms with E-state index in [2.05, 4.69) is 5.10 Å². The highest BCUT2D eigenvalue weighted by Gasteiger charge is 2.15. The minimum absolute atomic E-state index is 0.0162. The Hall–Kier alpha value is -1.85. The summed E-state index contributed by atoms with van der Waals surface area (Å²) in [6, 6.07) is 1.81. The number of likely N-dealkylation sites (N-methyl/N-ethyl adjacent to an activating group) is 1. The van der Waals surface area contributed by atoms with E-state index >= 15 is 0 Å². The molecule has 0 aliphatic heterocycles. The van der Waals surface area contributed by atoms with Crippen LogP contribution in [0.2, 0.25) is 0 Å². The van der Waals surface area contributed by atoms with Crippen LogP contribution in [0.4, 0.5) is 0 Å². The molecule has 0 saturated heterocycles. The van der Waals surface area contributed by atoms with E-state index in [1.165, 1.54) is 4.90 Å². The average Bonchev–Trinajstić information content (AvgIpc) is 2.86. The van der Waals surface area contributed by atoms with Crippen molar-refractivity contribution in [3.05, 3.63) is 18.5 Å². The lowest BCUT2D eigenvalue weighted by atomic mass is 10.3. The summed E-state index contributed by atoms with van der Waals surface area (Å²) in [7, 11) is 0. The zero-order valence-corrected chi connectivity index (χ0v) is 10.8. The molecule has 100 valence electrons. The molecule has 0 radical (unpaired) electrons. The van der Waals surface area contributed by atoms with E-state index in [0.717, 1.165) is 0 Å². The van der Waals surface area contributed by atoms with Crippen LogP contribution in [-0.2, 0) is 20.9 Å². The van der Waals surface area contributed by atoms with Crippen molar-refractivity contribution >= 4 is 11.9 Å². The van der Waals surface area contributed by atoms with E-state index in [0.29, 0.717) is 26.1 Å². The van der Waals surface area contributed by atoms with Gasteiger partial charge in [-0.3, -0.25) is 14.3 Å². The summed E-state index contributed by atoms with van der Waals surface area (Å²) in [5.74, 6) is -0.437. The first kappa shape index (κ1) is 14.2. The maximum Gasteiger partial charge on any atom is 0.325 e. The number of hydrogen-bond donors (Lipinski definition) is 0. The number of esters is 1. The second kappa shape index (κ2) is 7.47. The fourth-order valence-electron chi connectivity index (χ4n) is 1.54. The molecule has 0 fully saturated rings. The largest absolute Gasteiger partial charge is 0.465 e. The van der Waals surface area contributed by atoms with Crippen molar-refractivity contribution in [2.75, 3.05) is 19.7 Å². The predicted octanol–water partition coefficient (Wildman–Crippen LogP) is 0.685. The summed E-state index contributed by atoms with van der Waals surface area (Å²) in [5, 5.41) is 4.02. The van der Waals surface area contributed by atoms with Crippen molar-refractivity contribution in [3.8, 4) is 0 Å². The molecule has 0 N–H and O–H groups in total. The van der Waals surface area contributed by atoms with Gasteiger partial charge >= 0.3 is 5.97 Å². The van der Waals surface area contributed by atoms with Crippen LogP contribution in [0.25, 0.3) is 0 Å². The Morgan fingerprint density at radius 3 is 2.72 bits per heavy atom. The molecule has 1 rings (SSSR count). The average molecular weight is 253 g/mol. The third-order valence-electron chi connectivity index (χ3n) is 2.47. The zero-order valence-electron chi connectivity index (χ0n) is 10.8. The SMILES string of the molecule is CCOC(=O)CN(CC)C(=O)CCn1cccn1. The number of nitrogens with zero attached hydrogens (tertiary/aromatic N) is 3. The molecule has 0 aliphatic rings. The molecule has 0 unspecified atom stereocenters. The molecular weight excluding hydrogens is 234 g/mol. The van der Waals surface area contributed by atoms with Gasteiger partial charge in [-0.1, -0.05) is 0 Å². The molecule has 1 heterocycles. The van der Waals surface area contributed by atoms with Gasteiger partial charge < -0.3 is 9.64 Å². The molecule has 6 heteroatoms. The Labute approximate surface area is 107 Å². The Balaban J connectivity index is 2.39. The molecular formula is C12H19N3O3. The van der Waals surface area contributed by atoms with Crippen LogP contribution >= 0.6 is 0 Å². The summed E-state index contributed by atoms with van der Waals surface area (Å²) >= 11 is 0. The number of rotatable bonds is 7. The highest BCUT2D eigenvalue weighted by Crippen LogP contribution is 1.98. The van der Waals surface area contributed by atoms with Gasteiger partial charge in [0.2, 0.25) is 5.91 Å². The fourth-order valence-corrected chi connectivity index (χ4v) is 1.54. The van der Waals surface area contributed by atoms with Crippen LogP contribution in [-0.4, -0.2) is 46.3 Å². The molecule has 6 nitrogen and oxygen atoms in total. The summed E-state index contributed by atoms with van der Waals surface area (Å²) < 4.78 is 6.51. The number of carbonyl (C=O) groups is 2. The normalized spacial score (nSPS) is 10.1. The first-order valence-corrected chi connectivity index (χ1v) is 6.08. The van der Waals surface area contributed by atoms with Crippen molar-refractivity contribution in [2.45, 2.75) is 26.8 Å². The number of hydrogen-bond acceptors (Lipinski definition) is 4. The Morgan fingerprint density at radius 1 is 1.39 bits per heavy atom. The van der Waals surface area contributed by atoms with E-state index < -0.39 is 0 Å². The predicted molar refractivity (Wildman–Crippen MR) is 65.7 cm³/mol. The van der Waals surface area contributed by atoms with Gasteiger partial charge in [0.05, 0.1) is 6.61 Å². The number of amides is 1. The summed E-state index contributed by atoms with van der Waals surface area (Å²) in [6.07, 6.45) is 3.80. The maximum absolute atomic E-state index is 11.9. The lowest BCUT2D eigenvalue weighted by molar-refractivity contribution is -0.148. The minimum Gasteiger partial charge on any atom is -0.465 e. The number of carbonyl (C=O) groups excluding carboxylic acids is 2. The highest BCUT2D eigenvalue weighted by molar-refractivity contribution is 5.81. The molecule has 0 spiro atoms. The number of aryl methyl sites for hydroxylation is 1. The monoisotopic (exact) mass is 253 g/mol. The Kier molecular flexibility index (Phi) is 5.90. The fraction of sp³-hybridized carbons (Fsp3) is 0.583. The second-order valence-electron chi connectivity index (χ2n) is 3.73. The van der Waals surface area contributed by atoms with Crippen LogP contribution in [0.15, 0.2) is 18.5 Å². The van der Waals surface area contributed by atoms with E-state index in [1.807, 2.05) is 6.92 Å². The van der Waals surface area contributed by atoms with E-state index in [-0.39, 0.29) is 18.4 Å². The summed E-state index contributed by atoms with van der Waals surface area (Å²) in [4.78, 5) is 24.7. The second-order valence-corrected chi connectivity index (χ2v) is 3.73. The molecule has 18 heavy (non-hydrogen) atoms. The van der Waals surface area contributed by atoms with Gasteiger partial charge in [-0.05, 0) is 19.9 Å². The van der Waals surface area contributed by atoms with Gasteiger partial charge in [0.15, 0.2) is 0 Å². The smallest absolute Gasteiger partial charge is 0.325 e. The minimum atomic E-state index is -0.369. The molecule has 0 atom stereocenters. The Morgan fingerprint density at radius 2 is 2.17 bits per heavy atom. The summed E-state index contributed by atoms with van der Waals surface area (Å²) in [6.45, 7) is 4.95. The molecule has 0 bridgehead atoms. The van der Waals surface area contributed by atoms with Crippen molar-refractivity contribution < 1.29 is 14.3 Å².